The number of imide groups is 1. The summed E-state index contributed by atoms with van der Waals surface area (Å²) in [5.41, 5.74) is 2.38. The van der Waals surface area contributed by atoms with Crippen LogP contribution in [0.5, 0.6) is 0 Å². The third-order valence-corrected chi connectivity index (χ3v) is 7.32. The summed E-state index contributed by atoms with van der Waals surface area (Å²) < 4.78 is 9.59. The minimum absolute atomic E-state index is 0.225. The van der Waals surface area contributed by atoms with E-state index in [2.05, 4.69) is 16.3 Å². The Bertz CT molecular complexity index is 1070. The number of rotatable bonds is 4. The molecular weight excluding hydrogens is 408 g/mol. The summed E-state index contributed by atoms with van der Waals surface area (Å²) in [7, 11) is 1.76. The maximum absolute atomic E-state index is 13.1. The van der Waals surface area contributed by atoms with Crippen molar-refractivity contribution in [3.63, 3.8) is 0 Å². The van der Waals surface area contributed by atoms with Gasteiger partial charge in [0.2, 0.25) is 11.8 Å². The summed E-state index contributed by atoms with van der Waals surface area (Å²) in [5.74, 6) is -0.680. The molecular formula is C24H32N4O4. The first kappa shape index (κ1) is 21.2. The molecule has 1 aromatic carbocycles. The normalized spacial score (nSPS) is 23.7. The minimum atomic E-state index is -0.659. The average Bonchev–Trinajstić information content (AvgIpc) is 3.06. The first-order valence-corrected chi connectivity index (χ1v) is 12.0. The number of ether oxygens (including phenoxy) is 1. The van der Waals surface area contributed by atoms with Gasteiger partial charge >= 0.3 is 5.69 Å². The smallest absolute Gasteiger partial charge is 0.329 e. The van der Waals surface area contributed by atoms with Crippen LogP contribution in [0, 0.1) is 0 Å². The van der Waals surface area contributed by atoms with E-state index < -0.39 is 11.9 Å². The Kier molecular flexibility index (Phi) is 5.80. The van der Waals surface area contributed by atoms with E-state index in [0.717, 1.165) is 42.7 Å². The Morgan fingerprint density at radius 1 is 0.938 bits per heavy atom. The molecule has 3 fully saturated rings. The van der Waals surface area contributed by atoms with Crippen molar-refractivity contribution in [3.05, 3.63) is 28.7 Å². The molecule has 0 radical (unpaired) electrons. The Morgan fingerprint density at radius 3 is 2.38 bits per heavy atom. The Morgan fingerprint density at radius 2 is 1.66 bits per heavy atom. The summed E-state index contributed by atoms with van der Waals surface area (Å²) in [5, 5.41) is 2.37. The molecule has 1 aromatic heterocycles. The number of fused-ring (bicyclic) bond motifs is 1. The van der Waals surface area contributed by atoms with Crippen LogP contribution < -0.4 is 15.9 Å². The number of benzene rings is 1. The number of carbonyl (C=O) groups excluding carboxylic acids is 2. The van der Waals surface area contributed by atoms with Gasteiger partial charge in [0.25, 0.3) is 0 Å². The minimum Gasteiger partial charge on any atom is -0.375 e. The lowest BCUT2D eigenvalue weighted by Crippen LogP contribution is -2.44. The van der Waals surface area contributed by atoms with Crippen LogP contribution in [0.25, 0.3) is 11.0 Å². The third-order valence-electron chi connectivity index (χ3n) is 7.32. The number of para-hydroxylation sites is 1. The van der Waals surface area contributed by atoms with E-state index in [-0.39, 0.29) is 18.0 Å². The molecule has 8 nitrogen and oxygen atoms in total. The number of nitrogens with one attached hydrogen (secondary N) is 1. The number of aromatic nitrogens is 2. The van der Waals surface area contributed by atoms with Crippen LogP contribution in [0.15, 0.2) is 23.0 Å². The molecule has 2 aromatic rings. The van der Waals surface area contributed by atoms with Crippen molar-refractivity contribution in [1.82, 2.24) is 14.5 Å². The van der Waals surface area contributed by atoms with Crippen molar-refractivity contribution in [3.8, 4) is 0 Å². The predicted octanol–water partition coefficient (Wildman–Crippen LogP) is 2.64. The van der Waals surface area contributed by atoms with Crippen LogP contribution in [-0.4, -0.2) is 46.2 Å². The molecule has 2 saturated heterocycles. The highest BCUT2D eigenvalue weighted by atomic mass is 16.5. The molecule has 1 aliphatic carbocycles. The van der Waals surface area contributed by atoms with Crippen molar-refractivity contribution in [2.45, 2.75) is 76.0 Å². The molecule has 0 bridgehead atoms. The number of piperidine rings is 2. The zero-order valence-electron chi connectivity index (χ0n) is 18.7. The van der Waals surface area contributed by atoms with Crippen molar-refractivity contribution in [1.29, 1.82) is 0 Å². The second kappa shape index (κ2) is 8.73. The number of hydrogen-bond donors (Lipinski definition) is 1. The molecule has 3 aliphatic rings. The second-order valence-electron chi connectivity index (χ2n) is 9.41. The summed E-state index contributed by atoms with van der Waals surface area (Å²) in [4.78, 5) is 39.5. The molecule has 8 heteroatoms. The van der Waals surface area contributed by atoms with Gasteiger partial charge in [-0.25, -0.2) is 4.79 Å². The van der Waals surface area contributed by atoms with Gasteiger partial charge in [-0.15, -0.1) is 0 Å². The predicted molar refractivity (Wildman–Crippen MR) is 122 cm³/mol. The standard InChI is InChI=1S/C24H32N4O4/c1-26-22-18(27-14-12-17(13-15-27)32-16-6-3-2-4-7-16)8-5-9-19(22)28(24(26)31)20-10-11-21(29)25-23(20)30/h5,8-9,16-17,20H,2-4,6-7,10-15H2,1H3,(H,25,29,30). The van der Waals surface area contributed by atoms with Crippen molar-refractivity contribution >= 4 is 28.5 Å². The number of nitrogens with zero attached hydrogens (tertiary/aromatic N) is 3. The summed E-state index contributed by atoms with van der Waals surface area (Å²) >= 11 is 0. The number of aryl methyl sites for hydroxylation is 1. The van der Waals surface area contributed by atoms with Gasteiger partial charge in [0.1, 0.15) is 6.04 Å². The quantitative estimate of drug-likeness (QED) is 0.739. The van der Waals surface area contributed by atoms with E-state index in [1.54, 1.807) is 16.2 Å². The van der Waals surface area contributed by atoms with Gasteiger partial charge in [0.05, 0.1) is 28.9 Å². The van der Waals surface area contributed by atoms with Gasteiger partial charge in [-0.05, 0) is 44.2 Å². The Balaban J connectivity index is 1.38. The van der Waals surface area contributed by atoms with Crippen LogP contribution in [0.1, 0.15) is 63.8 Å². The lowest BCUT2D eigenvalue weighted by molar-refractivity contribution is -0.135. The molecule has 172 valence electrons. The van der Waals surface area contributed by atoms with Crippen molar-refractivity contribution in [2.24, 2.45) is 7.05 Å². The van der Waals surface area contributed by atoms with Gasteiger partial charge in [-0.1, -0.05) is 25.3 Å². The van der Waals surface area contributed by atoms with E-state index in [4.69, 9.17) is 4.74 Å². The SMILES string of the molecule is Cn1c(=O)n(C2CCC(=O)NC2=O)c2cccc(N3CCC(OC4CCCCC4)CC3)c21. The molecule has 1 unspecified atom stereocenters. The topological polar surface area (TPSA) is 85.6 Å². The van der Waals surface area contributed by atoms with Crippen LogP contribution in [-0.2, 0) is 21.4 Å². The lowest BCUT2D eigenvalue weighted by atomic mass is 9.97. The molecule has 1 atom stereocenters. The number of amides is 2. The fourth-order valence-corrected chi connectivity index (χ4v) is 5.61. The zero-order valence-corrected chi connectivity index (χ0v) is 18.7. The van der Waals surface area contributed by atoms with Gasteiger partial charge in [0, 0.05) is 26.6 Å². The highest BCUT2D eigenvalue weighted by molar-refractivity contribution is 6.00. The molecule has 5 rings (SSSR count). The third kappa shape index (κ3) is 3.85. The van der Waals surface area contributed by atoms with E-state index >= 15 is 0 Å². The molecule has 1 N–H and O–H groups in total. The highest BCUT2D eigenvalue weighted by Gasteiger charge is 2.32. The second-order valence-corrected chi connectivity index (χ2v) is 9.41. The monoisotopic (exact) mass is 440 g/mol. The molecule has 2 amide bonds. The Hall–Kier alpha value is -2.61. The molecule has 2 aliphatic heterocycles. The average molecular weight is 441 g/mol. The van der Waals surface area contributed by atoms with Crippen molar-refractivity contribution < 1.29 is 14.3 Å². The van der Waals surface area contributed by atoms with Gasteiger partial charge in [0.15, 0.2) is 0 Å². The van der Waals surface area contributed by atoms with Crippen LogP contribution in [0.3, 0.4) is 0 Å². The van der Waals surface area contributed by atoms with Crippen LogP contribution in [0.4, 0.5) is 5.69 Å². The fourth-order valence-electron chi connectivity index (χ4n) is 5.61. The molecule has 0 spiro atoms. The summed E-state index contributed by atoms with van der Waals surface area (Å²) in [6.45, 7) is 1.77. The highest BCUT2D eigenvalue weighted by Crippen LogP contribution is 2.32. The van der Waals surface area contributed by atoms with E-state index in [9.17, 15) is 14.4 Å². The van der Waals surface area contributed by atoms with Crippen LogP contribution >= 0.6 is 0 Å². The number of hydrogen-bond acceptors (Lipinski definition) is 5. The number of imidazole rings is 1. The maximum atomic E-state index is 13.1. The van der Waals surface area contributed by atoms with E-state index in [1.807, 2.05) is 12.1 Å². The molecule has 3 heterocycles. The van der Waals surface area contributed by atoms with Gasteiger partial charge < -0.3 is 9.64 Å². The fraction of sp³-hybridized carbons (Fsp3) is 0.625. The zero-order chi connectivity index (χ0) is 22.2. The summed E-state index contributed by atoms with van der Waals surface area (Å²) in [6.07, 6.45) is 9.56. The number of anilines is 1. The molecule has 1 saturated carbocycles. The van der Waals surface area contributed by atoms with Crippen molar-refractivity contribution in [2.75, 3.05) is 18.0 Å². The Labute approximate surface area is 187 Å². The van der Waals surface area contributed by atoms with E-state index in [0.29, 0.717) is 18.6 Å². The summed E-state index contributed by atoms with van der Waals surface area (Å²) in [6, 6.07) is 5.24. The van der Waals surface area contributed by atoms with Crippen LogP contribution in [0.2, 0.25) is 0 Å². The molecule has 32 heavy (non-hydrogen) atoms. The first-order valence-electron chi connectivity index (χ1n) is 12.0. The number of carbonyl (C=O) groups is 2. The van der Waals surface area contributed by atoms with E-state index in [1.165, 1.54) is 32.1 Å². The van der Waals surface area contributed by atoms with Gasteiger partial charge in [-0.2, -0.15) is 0 Å². The largest absolute Gasteiger partial charge is 0.375 e. The first-order chi connectivity index (χ1) is 15.5. The van der Waals surface area contributed by atoms with Gasteiger partial charge in [-0.3, -0.25) is 24.0 Å². The lowest BCUT2D eigenvalue weighted by Gasteiger charge is -2.36. The maximum Gasteiger partial charge on any atom is 0.329 e.